The molecule has 0 aliphatic heterocycles. The fourth-order valence-electron chi connectivity index (χ4n) is 3.07. The lowest BCUT2D eigenvalue weighted by Gasteiger charge is -2.14. The fourth-order valence-corrected chi connectivity index (χ4v) is 4.47. The molecule has 0 fully saturated rings. The lowest BCUT2D eigenvalue weighted by Crippen LogP contribution is -2.18. The Balaban J connectivity index is 1.91. The molecule has 0 aliphatic rings. The molecule has 2 N–H and O–H groups in total. The Hall–Kier alpha value is -3.12. The highest BCUT2D eigenvalue weighted by molar-refractivity contribution is 7.92. The Bertz CT molecular complexity index is 1180. The predicted octanol–water partition coefficient (Wildman–Crippen LogP) is 4.97. The molecule has 3 aromatic carbocycles. The van der Waals surface area contributed by atoms with Crippen LogP contribution in [0.3, 0.4) is 0 Å². The number of amides is 1. The van der Waals surface area contributed by atoms with E-state index in [1.807, 2.05) is 51.1 Å². The summed E-state index contributed by atoms with van der Waals surface area (Å²) in [6.07, 6.45) is 0. The van der Waals surface area contributed by atoms with Crippen molar-refractivity contribution in [2.45, 2.75) is 32.6 Å². The van der Waals surface area contributed by atoms with Gasteiger partial charge in [-0.1, -0.05) is 42.0 Å². The van der Waals surface area contributed by atoms with Gasteiger partial charge in [0.15, 0.2) is 0 Å². The van der Waals surface area contributed by atoms with Gasteiger partial charge in [0.25, 0.3) is 15.9 Å². The number of anilines is 2. The molecule has 3 rings (SSSR count). The van der Waals surface area contributed by atoms with E-state index in [2.05, 4.69) is 10.0 Å². The lowest BCUT2D eigenvalue weighted by molar-refractivity contribution is 0.102. The maximum atomic E-state index is 13.0. The molecule has 5 nitrogen and oxygen atoms in total. The summed E-state index contributed by atoms with van der Waals surface area (Å²) in [4.78, 5) is 12.8. The number of hydrogen-bond acceptors (Lipinski definition) is 3. The summed E-state index contributed by atoms with van der Waals surface area (Å²) in [5.41, 5.74) is 4.86. The molecule has 0 aromatic heterocycles. The highest BCUT2D eigenvalue weighted by Crippen LogP contribution is 2.24. The first kappa shape index (κ1) is 20.6. The highest BCUT2D eigenvalue weighted by Gasteiger charge is 2.20. The summed E-state index contributed by atoms with van der Waals surface area (Å²) in [5.74, 6) is -0.359. The minimum atomic E-state index is -3.85. The molecular formula is C23H24N2O3S. The molecular weight excluding hydrogens is 384 g/mol. The third kappa shape index (κ3) is 4.66. The van der Waals surface area contributed by atoms with Gasteiger partial charge in [0.1, 0.15) is 0 Å². The average molecular weight is 409 g/mol. The quantitative estimate of drug-likeness (QED) is 0.626. The molecule has 0 unspecified atom stereocenters. The van der Waals surface area contributed by atoms with Gasteiger partial charge >= 0.3 is 0 Å². The van der Waals surface area contributed by atoms with Gasteiger partial charge < -0.3 is 5.32 Å². The fraction of sp³-hybridized carbons (Fsp3) is 0.174. The van der Waals surface area contributed by atoms with Crippen molar-refractivity contribution in [3.05, 3.63) is 88.5 Å². The Kier molecular flexibility index (Phi) is 5.75. The third-order valence-corrected chi connectivity index (χ3v) is 6.27. The van der Waals surface area contributed by atoms with Crippen molar-refractivity contribution in [2.24, 2.45) is 0 Å². The average Bonchev–Trinajstić information content (AvgIpc) is 2.66. The van der Waals surface area contributed by atoms with Crippen LogP contribution in [0, 0.1) is 27.7 Å². The molecule has 150 valence electrons. The van der Waals surface area contributed by atoms with Crippen LogP contribution in [0.15, 0.2) is 65.6 Å². The van der Waals surface area contributed by atoms with Crippen LogP contribution in [-0.2, 0) is 10.0 Å². The van der Waals surface area contributed by atoms with Crippen molar-refractivity contribution >= 4 is 27.3 Å². The largest absolute Gasteiger partial charge is 0.322 e. The Morgan fingerprint density at radius 1 is 0.759 bits per heavy atom. The standard InChI is InChI=1S/C23H24N2O3S/c1-15-9-12-21(18(4)13-15)25-29(27,28)22-14-19(11-10-17(22)3)23(26)24-20-8-6-5-7-16(20)2/h5-14,25H,1-4H3,(H,24,26). The Labute approximate surface area is 171 Å². The van der Waals surface area contributed by atoms with E-state index in [1.165, 1.54) is 6.07 Å². The summed E-state index contributed by atoms with van der Waals surface area (Å²) in [5, 5.41) is 2.84. The van der Waals surface area contributed by atoms with Crippen molar-refractivity contribution in [2.75, 3.05) is 10.0 Å². The van der Waals surface area contributed by atoms with Crippen LogP contribution in [-0.4, -0.2) is 14.3 Å². The zero-order chi connectivity index (χ0) is 21.2. The van der Waals surface area contributed by atoms with Gasteiger partial charge in [0.2, 0.25) is 0 Å². The molecule has 0 saturated carbocycles. The molecule has 6 heteroatoms. The van der Waals surface area contributed by atoms with E-state index < -0.39 is 10.0 Å². The number of carbonyl (C=O) groups excluding carboxylic acids is 1. The second-order valence-electron chi connectivity index (χ2n) is 7.17. The molecule has 0 aliphatic carbocycles. The van der Waals surface area contributed by atoms with Gasteiger partial charge in [-0.05, 0) is 68.7 Å². The molecule has 1 amide bonds. The van der Waals surface area contributed by atoms with Gasteiger partial charge in [-0.3, -0.25) is 9.52 Å². The molecule has 29 heavy (non-hydrogen) atoms. The number of sulfonamides is 1. The van der Waals surface area contributed by atoms with Gasteiger partial charge in [-0.25, -0.2) is 8.42 Å². The van der Waals surface area contributed by atoms with Crippen LogP contribution in [0.4, 0.5) is 11.4 Å². The number of nitrogens with one attached hydrogen (secondary N) is 2. The van der Waals surface area contributed by atoms with Crippen LogP contribution in [0.5, 0.6) is 0 Å². The number of hydrogen-bond donors (Lipinski definition) is 2. The van der Waals surface area contributed by atoms with Crippen LogP contribution < -0.4 is 10.0 Å². The molecule has 0 spiro atoms. The second kappa shape index (κ2) is 8.09. The summed E-state index contributed by atoms with van der Waals surface area (Å²) in [6.45, 7) is 7.41. The zero-order valence-corrected chi connectivity index (χ0v) is 17.7. The minimum Gasteiger partial charge on any atom is -0.322 e. The van der Waals surface area contributed by atoms with Gasteiger partial charge in [0, 0.05) is 11.3 Å². The summed E-state index contributed by atoms with van der Waals surface area (Å²) < 4.78 is 28.6. The van der Waals surface area contributed by atoms with Crippen LogP contribution in [0.1, 0.15) is 32.6 Å². The van der Waals surface area contributed by atoms with Crippen molar-refractivity contribution in [1.82, 2.24) is 0 Å². The summed E-state index contributed by atoms with van der Waals surface area (Å²) >= 11 is 0. The van der Waals surface area contributed by atoms with E-state index in [4.69, 9.17) is 0 Å². The van der Waals surface area contributed by atoms with Gasteiger partial charge in [0.05, 0.1) is 10.6 Å². The van der Waals surface area contributed by atoms with E-state index in [0.29, 0.717) is 16.9 Å². The first-order chi connectivity index (χ1) is 13.7. The molecule has 0 radical (unpaired) electrons. The normalized spacial score (nSPS) is 11.2. The first-order valence-electron chi connectivity index (χ1n) is 9.25. The Morgan fingerprint density at radius 3 is 2.17 bits per heavy atom. The first-order valence-corrected chi connectivity index (χ1v) is 10.7. The van der Waals surface area contributed by atoms with Crippen molar-refractivity contribution in [1.29, 1.82) is 0 Å². The third-order valence-electron chi connectivity index (χ3n) is 4.76. The number of para-hydroxylation sites is 1. The van der Waals surface area contributed by atoms with Crippen LogP contribution in [0.25, 0.3) is 0 Å². The Morgan fingerprint density at radius 2 is 1.48 bits per heavy atom. The number of aryl methyl sites for hydroxylation is 4. The zero-order valence-electron chi connectivity index (χ0n) is 16.9. The van der Waals surface area contributed by atoms with E-state index >= 15 is 0 Å². The topological polar surface area (TPSA) is 75.3 Å². The number of benzene rings is 3. The molecule has 0 atom stereocenters. The molecule has 0 saturated heterocycles. The van der Waals surface area contributed by atoms with E-state index in [0.717, 1.165) is 16.7 Å². The van der Waals surface area contributed by atoms with Crippen molar-refractivity contribution in [3.63, 3.8) is 0 Å². The second-order valence-corrected chi connectivity index (χ2v) is 8.82. The van der Waals surface area contributed by atoms with E-state index in [-0.39, 0.29) is 16.4 Å². The van der Waals surface area contributed by atoms with Crippen LogP contribution in [0.2, 0.25) is 0 Å². The molecule has 0 bridgehead atoms. The maximum Gasteiger partial charge on any atom is 0.262 e. The smallest absolute Gasteiger partial charge is 0.262 e. The van der Waals surface area contributed by atoms with E-state index in [1.54, 1.807) is 31.2 Å². The summed E-state index contributed by atoms with van der Waals surface area (Å²) in [7, 11) is -3.85. The summed E-state index contributed by atoms with van der Waals surface area (Å²) in [6, 6.07) is 17.6. The van der Waals surface area contributed by atoms with Crippen LogP contribution >= 0.6 is 0 Å². The lowest BCUT2D eigenvalue weighted by atomic mass is 10.1. The maximum absolute atomic E-state index is 13.0. The molecule has 3 aromatic rings. The SMILES string of the molecule is Cc1ccc(NS(=O)(=O)c2cc(C(=O)Nc3ccccc3C)ccc2C)c(C)c1. The van der Waals surface area contributed by atoms with Gasteiger partial charge in [-0.15, -0.1) is 0 Å². The highest BCUT2D eigenvalue weighted by atomic mass is 32.2. The minimum absolute atomic E-state index is 0.0786. The number of carbonyl (C=O) groups is 1. The predicted molar refractivity (Wildman–Crippen MR) is 117 cm³/mol. The monoisotopic (exact) mass is 408 g/mol. The molecule has 0 heterocycles. The number of rotatable bonds is 5. The van der Waals surface area contributed by atoms with Crippen molar-refractivity contribution in [3.8, 4) is 0 Å². The van der Waals surface area contributed by atoms with E-state index in [9.17, 15) is 13.2 Å². The van der Waals surface area contributed by atoms with Gasteiger partial charge in [-0.2, -0.15) is 0 Å². The van der Waals surface area contributed by atoms with Crippen molar-refractivity contribution < 1.29 is 13.2 Å².